The van der Waals surface area contributed by atoms with Crippen molar-refractivity contribution >= 4 is 22.5 Å². The van der Waals surface area contributed by atoms with E-state index in [2.05, 4.69) is 0 Å². The van der Waals surface area contributed by atoms with E-state index < -0.39 is 32.6 Å². The first-order valence-electron chi connectivity index (χ1n) is 3.46. The molecule has 0 saturated carbocycles. The lowest BCUT2D eigenvalue weighted by Gasteiger charge is -2.08. The van der Waals surface area contributed by atoms with Gasteiger partial charge in [-0.3, -0.25) is 4.55 Å². The molecule has 9 heteroatoms. The zero-order valence-electron chi connectivity index (χ0n) is 7.32. The van der Waals surface area contributed by atoms with Crippen LogP contribution in [0.1, 0.15) is 5.56 Å². The molecule has 0 spiro atoms. The molecule has 0 aromatic heterocycles. The Morgan fingerprint density at radius 1 is 1.19 bits per heavy atom. The molecule has 0 heterocycles. The van der Waals surface area contributed by atoms with E-state index in [1.807, 2.05) is 0 Å². The maximum absolute atomic E-state index is 12.7. The van der Waals surface area contributed by atoms with Gasteiger partial charge in [0.05, 0.1) is 10.5 Å². The second-order valence-corrected chi connectivity index (χ2v) is 4.04. The van der Waals surface area contributed by atoms with Gasteiger partial charge in [0.1, 0.15) is 5.82 Å². The minimum Gasteiger partial charge on any atom is -0.282 e. The summed E-state index contributed by atoms with van der Waals surface area (Å²) in [4.78, 5) is -1.00. The summed E-state index contributed by atoms with van der Waals surface area (Å²) in [5.41, 5.74) is -1.74. The Hall–Kier alpha value is -0.860. The Kier molecular flexibility index (Phi) is 4.31. The normalized spacial score (nSPS) is 12.1. The molecule has 0 amide bonds. The lowest BCUT2D eigenvalue weighted by molar-refractivity contribution is -0.140. The van der Waals surface area contributed by atoms with E-state index in [0.29, 0.717) is 12.1 Å². The average Bonchev–Trinajstić information content (AvgIpc) is 2.00. The Balaban J connectivity index is 0.00000225. The van der Waals surface area contributed by atoms with Crippen LogP contribution >= 0.6 is 12.4 Å². The highest BCUT2D eigenvalue weighted by atomic mass is 35.5. The van der Waals surface area contributed by atoms with Gasteiger partial charge in [-0.25, -0.2) is 4.39 Å². The molecule has 0 saturated heterocycles. The molecule has 1 rings (SSSR count). The van der Waals surface area contributed by atoms with E-state index in [1.54, 1.807) is 0 Å². The minimum atomic E-state index is -5.01. The van der Waals surface area contributed by atoms with E-state index >= 15 is 0 Å². The lowest BCUT2D eigenvalue weighted by Crippen LogP contribution is -2.10. The topological polar surface area (TPSA) is 54.4 Å². The number of hydrogen-bond acceptors (Lipinski definition) is 2. The van der Waals surface area contributed by atoms with E-state index in [9.17, 15) is 26.0 Å². The zero-order chi connectivity index (χ0) is 11.9. The van der Waals surface area contributed by atoms with E-state index in [4.69, 9.17) is 4.55 Å². The fourth-order valence-electron chi connectivity index (χ4n) is 0.882. The van der Waals surface area contributed by atoms with Gasteiger partial charge in [0.15, 0.2) is 0 Å². The summed E-state index contributed by atoms with van der Waals surface area (Å²) in [6.45, 7) is 0. The average molecular weight is 281 g/mol. The molecule has 0 fully saturated rings. The van der Waals surface area contributed by atoms with Crippen LogP contribution in [0, 0.1) is 5.82 Å². The van der Waals surface area contributed by atoms with Gasteiger partial charge in [-0.1, -0.05) is 0 Å². The SMILES string of the molecule is Cl.O=S(=O)(O)c1ccc(F)c(C(F)(F)F)c1. The monoisotopic (exact) mass is 280 g/mol. The minimum absolute atomic E-state index is 0. The molecular formula is C7H5ClF4O3S. The Morgan fingerprint density at radius 2 is 1.69 bits per heavy atom. The molecular weight excluding hydrogens is 276 g/mol. The van der Waals surface area contributed by atoms with Crippen LogP contribution in [0.5, 0.6) is 0 Å². The number of rotatable bonds is 1. The van der Waals surface area contributed by atoms with Gasteiger partial charge in [0.25, 0.3) is 10.1 Å². The van der Waals surface area contributed by atoms with Gasteiger partial charge in [0, 0.05) is 0 Å². The highest BCUT2D eigenvalue weighted by molar-refractivity contribution is 7.85. The fraction of sp³-hybridized carbons (Fsp3) is 0.143. The largest absolute Gasteiger partial charge is 0.419 e. The summed E-state index contributed by atoms with van der Waals surface area (Å²) in [6, 6.07) is 0.899. The summed E-state index contributed by atoms with van der Waals surface area (Å²) in [5.74, 6) is -1.60. The Bertz CT molecular complexity index is 483. The first kappa shape index (κ1) is 15.1. The van der Waals surface area contributed by atoms with Crippen LogP contribution in [-0.4, -0.2) is 13.0 Å². The summed E-state index contributed by atoms with van der Waals surface area (Å²) in [7, 11) is -4.77. The molecule has 3 nitrogen and oxygen atoms in total. The molecule has 1 N–H and O–H groups in total. The summed E-state index contributed by atoms with van der Waals surface area (Å²) >= 11 is 0. The third kappa shape index (κ3) is 3.32. The van der Waals surface area contributed by atoms with Gasteiger partial charge in [0.2, 0.25) is 0 Å². The number of alkyl halides is 3. The van der Waals surface area contributed by atoms with Crippen molar-refractivity contribution < 1.29 is 30.5 Å². The molecule has 0 unspecified atom stereocenters. The fourth-order valence-corrected chi connectivity index (χ4v) is 1.39. The zero-order valence-corrected chi connectivity index (χ0v) is 8.96. The lowest BCUT2D eigenvalue weighted by atomic mass is 10.2. The molecule has 16 heavy (non-hydrogen) atoms. The van der Waals surface area contributed by atoms with Gasteiger partial charge in [-0.2, -0.15) is 21.6 Å². The van der Waals surface area contributed by atoms with Crippen molar-refractivity contribution in [3.8, 4) is 0 Å². The molecule has 0 aliphatic carbocycles. The molecule has 1 aromatic rings. The predicted molar refractivity (Wildman–Crippen MR) is 48.5 cm³/mol. The second-order valence-electron chi connectivity index (χ2n) is 2.61. The molecule has 0 aliphatic heterocycles. The van der Waals surface area contributed by atoms with Crippen molar-refractivity contribution in [3.63, 3.8) is 0 Å². The smallest absolute Gasteiger partial charge is 0.282 e. The third-order valence-corrected chi connectivity index (χ3v) is 2.39. The van der Waals surface area contributed by atoms with Crippen molar-refractivity contribution in [1.29, 1.82) is 0 Å². The second kappa shape index (κ2) is 4.56. The number of benzene rings is 1. The van der Waals surface area contributed by atoms with Gasteiger partial charge >= 0.3 is 6.18 Å². The molecule has 0 aliphatic rings. The Morgan fingerprint density at radius 3 is 2.06 bits per heavy atom. The summed E-state index contributed by atoms with van der Waals surface area (Å²) in [6.07, 6.45) is -5.01. The Labute approximate surface area is 94.2 Å². The van der Waals surface area contributed by atoms with Crippen LogP contribution in [0.15, 0.2) is 23.1 Å². The summed E-state index contributed by atoms with van der Waals surface area (Å²) < 4.78 is 78.4. The molecule has 92 valence electrons. The van der Waals surface area contributed by atoms with Gasteiger partial charge in [-0.15, -0.1) is 12.4 Å². The van der Waals surface area contributed by atoms with E-state index in [-0.39, 0.29) is 18.5 Å². The van der Waals surface area contributed by atoms with Crippen molar-refractivity contribution in [1.82, 2.24) is 0 Å². The molecule has 0 bridgehead atoms. The van der Waals surface area contributed by atoms with Crippen molar-refractivity contribution in [2.45, 2.75) is 11.1 Å². The number of hydrogen-bond donors (Lipinski definition) is 1. The maximum Gasteiger partial charge on any atom is 0.419 e. The first-order valence-corrected chi connectivity index (χ1v) is 4.90. The van der Waals surface area contributed by atoms with Crippen LogP contribution in [-0.2, 0) is 16.3 Å². The van der Waals surface area contributed by atoms with Crippen molar-refractivity contribution in [3.05, 3.63) is 29.6 Å². The third-order valence-electron chi connectivity index (χ3n) is 1.54. The van der Waals surface area contributed by atoms with Crippen LogP contribution in [0.3, 0.4) is 0 Å². The highest BCUT2D eigenvalue weighted by Gasteiger charge is 2.35. The first-order chi connectivity index (χ1) is 6.62. The number of halogens is 5. The maximum atomic E-state index is 12.7. The van der Waals surface area contributed by atoms with E-state index in [0.717, 1.165) is 0 Å². The van der Waals surface area contributed by atoms with Crippen molar-refractivity contribution in [2.75, 3.05) is 0 Å². The van der Waals surface area contributed by atoms with Gasteiger partial charge in [-0.05, 0) is 18.2 Å². The predicted octanol–water partition coefficient (Wildman–Crippen LogP) is 2.51. The molecule has 0 radical (unpaired) electrons. The quantitative estimate of drug-likeness (QED) is 0.635. The van der Waals surface area contributed by atoms with Crippen LogP contribution < -0.4 is 0 Å². The molecule has 1 aromatic carbocycles. The standard InChI is InChI=1S/C7H4F4O3S.ClH/c8-6-2-1-4(15(12,13)14)3-5(6)7(9,10)11;/h1-3H,(H,12,13,14);1H. The molecule has 0 atom stereocenters. The van der Waals surface area contributed by atoms with E-state index in [1.165, 1.54) is 0 Å². The van der Waals surface area contributed by atoms with Crippen molar-refractivity contribution in [2.24, 2.45) is 0 Å². The van der Waals surface area contributed by atoms with Crippen LogP contribution in [0.4, 0.5) is 17.6 Å². The van der Waals surface area contributed by atoms with Gasteiger partial charge < -0.3 is 0 Å². The van der Waals surface area contributed by atoms with Crippen LogP contribution in [0.2, 0.25) is 0 Å². The highest BCUT2D eigenvalue weighted by Crippen LogP contribution is 2.32. The summed E-state index contributed by atoms with van der Waals surface area (Å²) in [5, 5.41) is 0. The van der Waals surface area contributed by atoms with Crippen LogP contribution in [0.25, 0.3) is 0 Å².